The van der Waals surface area contributed by atoms with Gasteiger partial charge in [-0.2, -0.15) is 0 Å². The lowest BCUT2D eigenvalue weighted by atomic mass is 10.2. The minimum atomic E-state index is -1.17. The van der Waals surface area contributed by atoms with Crippen molar-refractivity contribution in [2.24, 2.45) is 0 Å². The summed E-state index contributed by atoms with van der Waals surface area (Å²) in [5.41, 5.74) is 1.06. The summed E-state index contributed by atoms with van der Waals surface area (Å²) in [5, 5.41) is 29.1. The Morgan fingerprint density at radius 2 is 2.00 bits per heavy atom. The molecule has 2 aromatic heterocycles. The van der Waals surface area contributed by atoms with Gasteiger partial charge in [-0.05, 0) is 0 Å². The Morgan fingerprint density at radius 3 is 2.62 bits per heavy atom. The normalized spacial score (nSPS) is 29.2. The Bertz CT molecular complexity index is 646. The highest BCUT2D eigenvalue weighted by atomic mass is 16.6. The van der Waals surface area contributed by atoms with Crippen LogP contribution < -0.4 is 4.90 Å². The monoisotopic (exact) mass is 296 g/mol. The molecule has 4 atom stereocenters. The van der Waals surface area contributed by atoms with Crippen LogP contribution in [-0.4, -0.2) is 73.9 Å². The number of anilines is 1. The van der Waals surface area contributed by atoms with Gasteiger partial charge in [0.15, 0.2) is 23.2 Å². The number of aliphatic hydroxyl groups is 3. The quantitative estimate of drug-likeness (QED) is 0.586. The molecule has 0 bridgehead atoms. The van der Waals surface area contributed by atoms with E-state index in [1.807, 2.05) is 14.1 Å². The maximum Gasteiger partial charge on any atom is 0.167 e. The van der Waals surface area contributed by atoms with Crippen LogP contribution in [0, 0.1) is 0 Å². The van der Waals surface area contributed by atoms with E-state index < -0.39 is 24.5 Å². The van der Waals surface area contributed by atoms with Crippen molar-refractivity contribution in [3.8, 4) is 0 Å². The van der Waals surface area contributed by atoms with E-state index in [1.54, 1.807) is 4.90 Å². The van der Waals surface area contributed by atoms with Crippen LogP contribution in [0.1, 0.15) is 6.23 Å². The van der Waals surface area contributed by atoms with Crippen LogP contribution in [0.5, 0.6) is 0 Å². The molecule has 0 aromatic carbocycles. The van der Waals surface area contributed by atoms with Gasteiger partial charge in [-0.15, -0.1) is 0 Å². The first-order valence-electron chi connectivity index (χ1n) is 6.52. The van der Waals surface area contributed by atoms with E-state index in [0.29, 0.717) is 17.0 Å². The zero-order chi connectivity index (χ0) is 15.1. The Morgan fingerprint density at radius 1 is 1.24 bits per heavy atom. The summed E-state index contributed by atoms with van der Waals surface area (Å²) >= 11 is 0. The van der Waals surface area contributed by atoms with Crippen molar-refractivity contribution in [3.05, 3.63) is 12.7 Å². The fourth-order valence-corrected chi connectivity index (χ4v) is 2.46. The van der Waals surface area contributed by atoms with Crippen LogP contribution in [0.4, 0.5) is 5.82 Å². The van der Waals surface area contributed by atoms with Gasteiger partial charge in [-0.3, -0.25) is 4.57 Å². The highest BCUT2D eigenvalue weighted by Crippen LogP contribution is 2.32. The average molecular weight is 296 g/mol. The molecule has 9 nitrogen and oxygen atoms in total. The molecule has 1 aliphatic rings. The van der Waals surface area contributed by atoms with E-state index >= 15 is 0 Å². The predicted molar refractivity (Wildman–Crippen MR) is 72.7 cm³/mol. The molecular weight excluding hydrogens is 279 g/mol. The lowest BCUT2D eigenvalue weighted by Crippen LogP contribution is -2.33. The number of aromatic nitrogens is 4. The summed E-state index contributed by atoms with van der Waals surface area (Å²) < 4.78 is 7.02. The summed E-state index contributed by atoms with van der Waals surface area (Å²) in [6.07, 6.45) is -1.14. The van der Waals surface area contributed by atoms with Crippen molar-refractivity contribution in [3.63, 3.8) is 0 Å². The van der Waals surface area contributed by atoms with Crippen molar-refractivity contribution in [1.82, 2.24) is 19.5 Å². The zero-order valence-corrected chi connectivity index (χ0v) is 11.7. The molecule has 1 fully saturated rings. The minimum absolute atomic E-state index is 0.376. The molecular formula is C12H17N5O4. The first-order chi connectivity index (χ1) is 10.0. The number of imidazole rings is 1. The zero-order valence-electron chi connectivity index (χ0n) is 11.7. The third kappa shape index (κ3) is 2.14. The third-order valence-electron chi connectivity index (χ3n) is 3.55. The second kappa shape index (κ2) is 5.19. The fraction of sp³-hybridized carbons (Fsp3) is 0.583. The summed E-state index contributed by atoms with van der Waals surface area (Å²) in [4.78, 5) is 14.4. The third-order valence-corrected chi connectivity index (χ3v) is 3.55. The molecule has 0 aliphatic carbocycles. The molecule has 0 spiro atoms. The smallest absolute Gasteiger partial charge is 0.167 e. The molecule has 2 aromatic rings. The summed E-state index contributed by atoms with van der Waals surface area (Å²) in [7, 11) is 3.68. The van der Waals surface area contributed by atoms with Gasteiger partial charge in [0.1, 0.15) is 24.6 Å². The van der Waals surface area contributed by atoms with Crippen LogP contribution in [0.2, 0.25) is 0 Å². The number of ether oxygens (including phenoxy) is 1. The minimum Gasteiger partial charge on any atom is -0.394 e. The number of fused-ring (bicyclic) bond motifs is 1. The molecule has 0 unspecified atom stereocenters. The van der Waals surface area contributed by atoms with Gasteiger partial charge in [0.2, 0.25) is 0 Å². The highest BCUT2D eigenvalue weighted by molar-refractivity contribution is 5.83. The topological polar surface area (TPSA) is 117 Å². The van der Waals surface area contributed by atoms with Gasteiger partial charge in [-0.25, -0.2) is 15.0 Å². The van der Waals surface area contributed by atoms with Crippen LogP contribution >= 0.6 is 0 Å². The Hall–Kier alpha value is -1.81. The SMILES string of the molecule is CN(C)c1ncnc2c1ncn2[C@@H]1O[C@H]([13CH2]O)[C@H](O)[C@H]1O. The molecule has 114 valence electrons. The van der Waals surface area contributed by atoms with Gasteiger partial charge in [0, 0.05) is 14.1 Å². The molecule has 0 amide bonds. The second-order valence-corrected chi connectivity index (χ2v) is 5.14. The van der Waals surface area contributed by atoms with Gasteiger partial charge in [0.05, 0.1) is 12.9 Å². The largest absolute Gasteiger partial charge is 0.394 e. The summed E-state index contributed by atoms with van der Waals surface area (Å²) in [6.45, 7) is -0.376. The maximum absolute atomic E-state index is 10.1. The fourth-order valence-electron chi connectivity index (χ4n) is 2.46. The van der Waals surface area contributed by atoms with Gasteiger partial charge in [-0.1, -0.05) is 0 Å². The molecule has 0 saturated carbocycles. The molecule has 3 N–H and O–H groups in total. The van der Waals surface area contributed by atoms with Crippen LogP contribution in [0.25, 0.3) is 11.2 Å². The molecule has 1 saturated heterocycles. The van der Waals surface area contributed by atoms with Crippen LogP contribution in [-0.2, 0) is 4.74 Å². The van der Waals surface area contributed by atoms with Crippen LogP contribution in [0.15, 0.2) is 12.7 Å². The van der Waals surface area contributed by atoms with E-state index in [-0.39, 0.29) is 6.61 Å². The van der Waals surface area contributed by atoms with Crippen molar-refractivity contribution in [2.45, 2.75) is 24.5 Å². The first kappa shape index (κ1) is 14.1. The first-order valence-corrected chi connectivity index (χ1v) is 6.52. The van der Waals surface area contributed by atoms with Crippen molar-refractivity contribution in [1.29, 1.82) is 0 Å². The maximum atomic E-state index is 10.1. The number of hydrogen-bond acceptors (Lipinski definition) is 8. The number of rotatable bonds is 3. The lowest BCUT2D eigenvalue weighted by Gasteiger charge is -2.17. The number of hydrogen-bond donors (Lipinski definition) is 3. The van der Waals surface area contributed by atoms with Crippen molar-refractivity contribution in [2.75, 3.05) is 25.6 Å². The molecule has 9 heteroatoms. The summed E-state index contributed by atoms with van der Waals surface area (Å²) in [5.74, 6) is 0.644. The van der Waals surface area contributed by atoms with Gasteiger partial charge < -0.3 is 25.0 Å². The van der Waals surface area contributed by atoms with Gasteiger partial charge >= 0.3 is 0 Å². The molecule has 3 rings (SSSR count). The lowest BCUT2D eigenvalue weighted by molar-refractivity contribution is -0.0511. The number of nitrogens with zero attached hydrogens (tertiary/aromatic N) is 5. The number of aliphatic hydroxyl groups excluding tert-OH is 3. The highest BCUT2D eigenvalue weighted by Gasteiger charge is 2.44. The van der Waals surface area contributed by atoms with Gasteiger partial charge in [0.25, 0.3) is 0 Å². The van der Waals surface area contributed by atoms with E-state index in [9.17, 15) is 10.2 Å². The summed E-state index contributed by atoms with van der Waals surface area (Å²) in [6, 6.07) is 0. The Kier molecular flexibility index (Phi) is 3.49. The van der Waals surface area contributed by atoms with E-state index in [2.05, 4.69) is 15.0 Å². The molecule has 1 aliphatic heterocycles. The predicted octanol–water partition coefficient (Wildman–Crippen LogP) is -1.50. The second-order valence-electron chi connectivity index (χ2n) is 5.14. The Balaban J connectivity index is 2.04. The standard InChI is InChI=1S/C12H17N5O4/c1-16(2)10-7-11(14-4-13-10)17(5-15-7)12-9(20)8(19)6(3-18)21-12/h4-6,8-9,12,18-20H,3H2,1-2H3/t6-,8+,9-,12-/m1/s1/i3+1. The molecule has 21 heavy (non-hydrogen) atoms. The Labute approximate surface area is 120 Å². The molecule has 3 heterocycles. The van der Waals surface area contributed by atoms with E-state index in [0.717, 1.165) is 0 Å². The van der Waals surface area contributed by atoms with Crippen molar-refractivity contribution < 1.29 is 20.1 Å². The van der Waals surface area contributed by atoms with Crippen LogP contribution in [0.3, 0.4) is 0 Å². The average Bonchev–Trinajstić information content (AvgIpc) is 3.01. The molecule has 0 radical (unpaired) electrons. The van der Waals surface area contributed by atoms with Crippen molar-refractivity contribution >= 4 is 17.0 Å². The van der Waals surface area contributed by atoms with E-state index in [1.165, 1.54) is 17.2 Å². The van der Waals surface area contributed by atoms with E-state index in [4.69, 9.17) is 9.84 Å².